The van der Waals surface area contributed by atoms with Crippen LogP contribution >= 0.6 is 11.6 Å². The van der Waals surface area contributed by atoms with Crippen molar-refractivity contribution in [2.24, 2.45) is 0 Å². The van der Waals surface area contributed by atoms with E-state index in [-0.39, 0.29) is 43.6 Å². The fourth-order valence-electron chi connectivity index (χ4n) is 2.93. The van der Waals surface area contributed by atoms with Crippen molar-refractivity contribution >= 4 is 23.4 Å². The van der Waals surface area contributed by atoms with E-state index in [1.54, 1.807) is 24.3 Å². The molecule has 0 radical (unpaired) electrons. The van der Waals surface area contributed by atoms with Crippen molar-refractivity contribution in [2.75, 3.05) is 26.3 Å². The van der Waals surface area contributed by atoms with Crippen molar-refractivity contribution in [2.45, 2.75) is 19.3 Å². The molecule has 0 saturated carbocycles. The average molecular weight is 421 g/mol. The maximum Gasteiger partial charge on any atom is 0.224 e. The molecule has 1 aliphatic rings. The van der Waals surface area contributed by atoms with Crippen molar-refractivity contribution in [3.63, 3.8) is 0 Å². The SMILES string of the molecule is O=C(Cc1cccc(F)c1)NCCNC(=O)Cc1cc(Cl)c2c(c1)OCCCO2. The van der Waals surface area contributed by atoms with Crippen LogP contribution in [0.1, 0.15) is 17.5 Å². The van der Waals surface area contributed by atoms with Crippen molar-refractivity contribution in [3.05, 3.63) is 58.4 Å². The predicted octanol–water partition coefficient (Wildman–Crippen LogP) is 2.66. The van der Waals surface area contributed by atoms with Gasteiger partial charge in [0.25, 0.3) is 0 Å². The molecule has 0 saturated heterocycles. The summed E-state index contributed by atoms with van der Waals surface area (Å²) < 4.78 is 24.3. The fourth-order valence-corrected chi connectivity index (χ4v) is 3.22. The zero-order valence-electron chi connectivity index (χ0n) is 15.8. The Bertz CT molecular complexity index is 891. The second-order valence-electron chi connectivity index (χ2n) is 6.64. The van der Waals surface area contributed by atoms with Gasteiger partial charge in [0.05, 0.1) is 31.1 Å². The number of hydrogen-bond donors (Lipinski definition) is 2. The molecule has 2 amide bonds. The van der Waals surface area contributed by atoms with Gasteiger partial charge in [0, 0.05) is 19.5 Å². The minimum Gasteiger partial charge on any atom is -0.489 e. The first-order valence-electron chi connectivity index (χ1n) is 9.37. The molecular weight excluding hydrogens is 399 g/mol. The summed E-state index contributed by atoms with van der Waals surface area (Å²) in [6.07, 6.45) is 0.987. The second kappa shape index (κ2) is 10.1. The molecule has 0 spiro atoms. The van der Waals surface area contributed by atoms with E-state index in [0.717, 1.165) is 6.42 Å². The third-order valence-electron chi connectivity index (χ3n) is 4.25. The van der Waals surface area contributed by atoms with Gasteiger partial charge >= 0.3 is 0 Å². The number of benzene rings is 2. The highest BCUT2D eigenvalue weighted by Gasteiger charge is 2.16. The number of carbonyl (C=O) groups excluding carboxylic acids is 2. The number of amides is 2. The standard InChI is InChI=1S/C21H22ClFN2O4/c22-17-10-15(11-18-21(17)29-8-2-7-28-18)13-20(27)25-6-5-24-19(26)12-14-3-1-4-16(23)9-14/h1,3-4,9-11H,2,5-8,12-13H2,(H,24,26)(H,25,27). The lowest BCUT2D eigenvalue weighted by Crippen LogP contribution is -2.35. The molecule has 0 bridgehead atoms. The number of nitrogens with one attached hydrogen (secondary N) is 2. The molecule has 2 aromatic rings. The van der Waals surface area contributed by atoms with Crippen LogP contribution in [-0.2, 0) is 22.4 Å². The Labute approximate surface area is 173 Å². The number of carbonyl (C=O) groups is 2. The van der Waals surface area contributed by atoms with Crippen LogP contribution in [0.4, 0.5) is 4.39 Å². The highest BCUT2D eigenvalue weighted by molar-refractivity contribution is 6.32. The average Bonchev–Trinajstić information content (AvgIpc) is 2.91. The van der Waals surface area contributed by atoms with Gasteiger partial charge in [-0.05, 0) is 35.4 Å². The minimum absolute atomic E-state index is 0.0847. The van der Waals surface area contributed by atoms with Crippen LogP contribution in [0.5, 0.6) is 11.5 Å². The number of hydrogen-bond acceptors (Lipinski definition) is 4. The Morgan fingerprint density at radius 1 is 0.966 bits per heavy atom. The van der Waals surface area contributed by atoms with Gasteiger partial charge in [0.2, 0.25) is 11.8 Å². The van der Waals surface area contributed by atoms with E-state index in [2.05, 4.69) is 10.6 Å². The molecule has 1 heterocycles. The van der Waals surface area contributed by atoms with Gasteiger partial charge in [0.1, 0.15) is 5.82 Å². The quantitative estimate of drug-likeness (QED) is 0.675. The Balaban J connectivity index is 1.41. The fraction of sp³-hybridized carbons (Fsp3) is 0.333. The lowest BCUT2D eigenvalue weighted by Gasteiger charge is -2.12. The summed E-state index contributed by atoms with van der Waals surface area (Å²) in [5.74, 6) is 0.239. The smallest absolute Gasteiger partial charge is 0.224 e. The van der Waals surface area contributed by atoms with E-state index in [1.165, 1.54) is 12.1 Å². The van der Waals surface area contributed by atoms with E-state index < -0.39 is 0 Å². The van der Waals surface area contributed by atoms with Crippen molar-refractivity contribution < 1.29 is 23.5 Å². The largest absolute Gasteiger partial charge is 0.489 e. The summed E-state index contributed by atoms with van der Waals surface area (Å²) in [5.41, 5.74) is 1.31. The molecule has 29 heavy (non-hydrogen) atoms. The highest BCUT2D eigenvalue weighted by Crippen LogP contribution is 2.38. The molecule has 0 aromatic heterocycles. The van der Waals surface area contributed by atoms with E-state index in [1.807, 2.05) is 0 Å². The first-order chi connectivity index (χ1) is 14.0. The highest BCUT2D eigenvalue weighted by atomic mass is 35.5. The lowest BCUT2D eigenvalue weighted by atomic mass is 10.1. The molecule has 2 aromatic carbocycles. The minimum atomic E-state index is -0.377. The van der Waals surface area contributed by atoms with Gasteiger partial charge < -0.3 is 20.1 Å². The summed E-state index contributed by atoms with van der Waals surface area (Å²) in [6.45, 7) is 1.64. The second-order valence-corrected chi connectivity index (χ2v) is 7.05. The molecule has 0 aliphatic carbocycles. The van der Waals surface area contributed by atoms with Crippen LogP contribution in [0.25, 0.3) is 0 Å². The van der Waals surface area contributed by atoms with Crippen molar-refractivity contribution in [3.8, 4) is 11.5 Å². The van der Waals surface area contributed by atoms with Crippen molar-refractivity contribution in [1.82, 2.24) is 10.6 Å². The predicted molar refractivity (Wildman–Crippen MR) is 107 cm³/mol. The molecule has 0 unspecified atom stereocenters. The van der Waals surface area contributed by atoms with Crippen LogP contribution in [0, 0.1) is 5.82 Å². The summed E-state index contributed by atoms with van der Waals surface area (Å²) in [5, 5.41) is 5.85. The summed E-state index contributed by atoms with van der Waals surface area (Å²) in [6, 6.07) is 9.34. The molecule has 3 rings (SSSR count). The number of halogens is 2. The maximum absolute atomic E-state index is 13.1. The van der Waals surface area contributed by atoms with Crippen LogP contribution in [0.2, 0.25) is 5.02 Å². The van der Waals surface area contributed by atoms with Crippen LogP contribution in [0.3, 0.4) is 0 Å². The maximum atomic E-state index is 13.1. The van der Waals surface area contributed by atoms with E-state index >= 15 is 0 Å². The third-order valence-corrected chi connectivity index (χ3v) is 4.53. The van der Waals surface area contributed by atoms with E-state index in [4.69, 9.17) is 21.1 Å². The van der Waals surface area contributed by atoms with Gasteiger partial charge in [-0.1, -0.05) is 23.7 Å². The molecule has 0 atom stereocenters. The van der Waals surface area contributed by atoms with Gasteiger partial charge in [0.15, 0.2) is 11.5 Å². The van der Waals surface area contributed by atoms with Crippen molar-refractivity contribution in [1.29, 1.82) is 0 Å². The topological polar surface area (TPSA) is 76.7 Å². The molecule has 2 N–H and O–H groups in total. The van der Waals surface area contributed by atoms with Gasteiger partial charge in [-0.15, -0.1) is 0 Å². The van der Waals surface area contributed by atoms with Gasteiger partial charge in [-0.2, -0.15) is 0 Å². The molecule has 1 aliphatic heterocycles. The van der Waals surface area contributed by atoms with E-state index in [0.29, 0.717) is 40.9 Å². The summed E-state index contributed by atoms with van der Waals surface area (Å²) in [4.78, 5) is 24.0. The molecular formula is C21H22ClFN2O4. The van der Waals surface area contributed by atoms with Crippen LogP contribution in [0.15, 0.2) is 36.4 Å². The van der Waals surface area contributed by atoms with Gasteiger partial charge in [-0.3, -0.25) is 9.59 Å². The van der Waals surface area contributed by atoms with E-state index in [9.17, 15) is 14.0 Å². The van der Waals surface area contributed by atoms with Crippen LogP contribution in [-0.4, -0.2) is 38.1 Å². The third kappa shape index (κ3) is 6.35. The first kappa shape index (κ1) is 20.9. The monoisotopic (exact) mass is 420 g/mol. The number of ether oxygens (including phenoxy) is 2. The number of rotatable bonds is 7. The zero-order valence-corrected chi connectivity index (χ0v) is 16.6. The molecule has 154 valence electrons. The lowest BCUT2D eigenvalue weighted by molar-refractivity contribution is -0.122. The Kier molecular flexibility index (Phi) is 7.30. The summed E-state index contributed by atoms with van der Waals surface area (Å²) in [7, 11) is 0. The Hall–Kier alpha value is -2.80. The molecule has 0 fully saturated rings. The number of fused-ring (bicyclic) bond motifs is 1. The molecule has 8 heteroatoms. The summed E-state index contributed by atoms with van der Waals surface area (Å²) >= 11 is 6.23. The van der Waals surface area contributed by atoms with Crippen LogP contribution < -0.4 is 20.1 Å². The first-order valence-corrected chi connectivity index (χ1v) is 9.75. The molecule has 6 nitrogen and oxygen atoms in total. The Morgan fingerprint density at radius 2 is 1.66 bits per heavy atom. The van der Waals surface area contributed by atoms with Gasteiger partial charge in [-0.25, -0.2) is 4.39 Å². The zero-order chi connectivity index (χ0) is 20.6. The normalized spacial score (nSPS) is 12.8. The Morgan fingerprint density at radius 3 is 2.38 bits per heavy atom.